The lowest BCUT2D eigenvalue weighted by molar-refractivity contribution is 0.174. The van der Waals surface area contributed by atoms with Gasteiger partial charge in [-0.25, -0.2) is 0 Å². The average molecular weight is 194 g/mol. The summed E-state index contributed by atoms with van der Waals surface area (Å²) in [7, 11) is 1.95. The van der Waals surface area contributed by atoms with Crippen molar-refractivity contribution in [2.75, 3.05) is 25.4 Å². The smallest absolute Gasteiger partial charge is 0.231 e. The minimum atomic E-state index is 0.310. The molecular weight excluding hydrogens is 180 g/mol. The molecule has 4 heteroatoms. The van der Waals surface area contributed by atoms with Crippen LogP contribution in [0.4, 0.5) is 5.69 Å². The van der Waals surface area contributed by atoms with Crippen LogP contribution in [-0.2, 0) is 0 Å². The summed E-state index contributed by atoms with van der Waals surface area (Å²) in [5.41, 5.74) is 7.79. The molecule has 1 aromatic rings. The molecule has 14 heavy (non-hydrogen) atoms. The summed E-state index contributed by atoms with van der Waals surface area (Å²) in [6.07, 6.45) is 0. The van der Waals surface area contributed by atoms with Gasteiger partial charge in [-0.15, -0.1) is 0 Å². The second kappa shape index (κ2) is 3.38. The van der Waals surface area contributed by atoms with Crippen LogP contribution in [0.2, 0.25) is 0 Å². The van der Waals surface area contributed by atoms with Crippen molar-refractivity contribution < 1.29 is 9.47 Å². The Hall–Kier alpha value is -1.42. The second-order valence-electron chi connectivity index (χ2n) is 3.37. The van der Waals surface area contributed by atoms with Crippen LogP contribution in [0.1, 0.15) is 5.56 Å². The molecule has 0 saturated carbocycles. The quantitative estimate of drug-likeness (QED) is 0.715. The van der Waals surface area contributed by atoms with Gasteiger partial charge in [-0.1, -0.05) is 0 Å². The van der Waals surface area contributed by atoms with Gasteiger partial charge in [0.25, 0.3) is 0 Å². The van der Waals surface area contributed by atoms with Crippen LogP contribution in [0, 0.1) is 6.92 Å². The number of nitrogens with zero attached hydrogens (tertiary/aromatic N) is 1. The highest BCUT2D eigenvalue weighted by Crippen LogP contribution is 2.37. The fourth-order valence-corrected chi connectivity index (χ4v) is 1.54. The van der Waals surface area contributed by atoms with E-state index in [2.05, 4.69) is 0 Å². The standard InChI is InChI=1S/C10H14N2O2/c1-7-3-9-10(14-6-13-9)4-8(7)12(2)5-11/h3-4H,5-6,11H2,1-2H3. The maximum atomic E-state index is 5.57. The molecule has 2 N–H and O–H groups in total. The number of rotatable bonds is 2. The monoisotopic (exact) mass is 194 g/mol. The molecule has 2 rings (SSSR count). The van der Waals surface area contributed by atoms with Gasteiger partial charge in [0.2, 0.25) is 6.79 Å². The predicted molar refractivity (Wildman–Crippen MR) is 54.8 cm³/mol. The number of anilines is 1. The Balaban J connectivity index is 2.42. The van der Waals surface area contributed by atoms with E-state index in [9.17, 15) is 0 Å². The Morgan fingerprint density at radius 1 is 1.36 bits per heavy atom. The molecule has 1 heterocycles. The molecule has 0 bridgehead atoms. The summed E-state index contributed by atoms with van der Waals surface area (Å²) in [4.78, 5) is 1.97. The van der Waals surface area contributed by atoms with Crippen molar-refractivity contribution in [1.82, 2.24) is 0 Å². The van der Waals surface area contributed by atoms with Gasteiger partial charge in [0.05, 0.1) is 6.67 Å². The number of ether oxygens (including phenoxy) is 2. The molecule has 0 unspecified atom stereocenters. The van der Waals surface area contributed by atoms with E-state index in [4.69, 9.17) is 15.2 Å². The molecule has 1 aromatic carbocycles. The minimum absolute atomic E-state index is 0.310. The van der Waals surface area contributed by atoms with Gasteiger partial charge in [-0.05, 0) is 18.6 Å². The number of aryl methyl sites for hydroxylation is 1. The first-order valence-corrected chi connectivity index (χ1v) is 4.54. The van der Waals surface area contributed by atoms with Gasteiger partial charge in [0.1, 0.15) is 0 Å². The Morgan fingerprint density at radius 3 is 2.64 bits per heavy atom. The van der Waals surface area contributed by atoms with Crippen LogP contribution in [-0.4, -0.2) is 20.5 Å². The zero-order valence-corrected chi connectivity index (χ0v) is 8.41. The maximum absolute atomic E-state index is 5.57. The minimum Gasteiger partial charge on any atom is -0.454 e. The number of benzene rings is 1. The highest BCUT2D eigenvalue weighted by atomic mass is 16.7. The van der Waals surface area contributed by atoms with E-state index in [1.165, 1.54) is 0 Å². The second-order valence-corrected chi connectivity index (χ2v) is 3.37. The zero-order valence-electron chi connectivity index (χ0n) is 8.41. The Bertz CT molecular complexity index is 352. The van der Waals surface area contributed by atoms with Crippen LogP contribution in [0.5, 0.6) is 11.5 Å². The van der Waals surface area contributed by atoms with Crippen molar-refractivity contribution in [3.63, 3.8) is 0 Å². The van der Waals surface area contributed by atoms with E-state index >= 15 is 0 Å². The molecule has 0 spiro atoms. The topological polar surface area (TPSA) is 47.7 Å². The summed E-state index contributed by atoms with van der Waals surface area (Å²) in [6, 6.07) is 3.94. The molecule has 0 atom stereocenters. The first-order valence-electron chi connectivity index (χ1n) is 4.54. The molecule has 1 aliphatic rings. The van der Waals surface area contributed by atoms with Crippen LogP contribution in [0.15, 0.2) is 12.1 Å². The van der Waals surface area contributed by atoms with E-state index in [1.54, 1.807) is 0 Å². The molecular formula is C10H14N2O2. The van der Waals surface area contributed by atoms with Gasteiger partial charge < -0.3 is 20.1 Å². The first kappa shape index (κ1) is 9.15. The molecule has 0 aromatic heterocycles. The first-order chi connectivity index (χ1) is 6.72. The van der Waals surface area contributed by atoms with E-state index in [1.807, 2.05) is 31.0 Å². The van der Waals surface area contributed by atoms with Gasteiger partial charge in [-0.2, -0.15) is 0 Å². The van der Waals surface area contributed by atoms with Crippen LogP contribution in [0.3, 0.4) is 0 Å². The number of hydrogen-bond donors (Lipinski definition) is 1. The number of hydrogen-bond acceptors (Lipinski definition) is 4. The van der Waals surface area contributed by atoms with Gasteiger partial charge in [0.15, 0.2) is 11.5 Å². The van der Waals surface area contributed by atoms with E-state index in [0.29, 0.717) is 13.5 Å². The van der Waals surface area contributed by atoms with Gasteiger partial charge >= 0.3 is 0 Å². The van der Waals surface area contributed by atoms with Crippen LogP contribution < -0.4 is 20.1 Å². The Kier molecular flexibility index (Phi) is 2.21. The summed E-state index contributed by atoms with van der Waals surface area (Å²) in [5, 5.41) is 0. The number of nitrogens with two attached hydrogens (primary N) is 1. The molecule has 0 radical (unpaired) electrons. The SMILES string of the molecule is Cc1cc2c(cc1N(C)CN)OCO2. The highest BCUT2D eigenvalue weighted by Gasteiger charge is 2.16. The van der Waals surface area contributed by atoms with Crippen molar-refractivity contribution in [3.05, 3.63) is 17.7 Å². The van der Waals surface area contributed by atoms with Crippen molar-refractivity contribution in [2.45, 2.75) is 6.92 Å². The average Bonchev–Trinajstić information content (AvgIpc) is 2.62. The lowest BCUT2D eigenvalue weighted by Gasteiger charge is -2.19. The summed E-state index contributed by atoms with van der Waals surface area (Å²) in [6.45, 7) is 2.83. The van der Waals surface area contributed by atoms with Crippen LogP contribution >= 0.6 is 0 Å². The van der Waals surface area contributed by atoms with E-state index in [-0.39, 0.29) is 0 Å². The Morgan fingerprint density at radius 2 is 2.00 bits per heavy atom. The molecule has 0 aliphatic carbocycles. The van der Waals surface area contributed by atoms with Crippen molar-refractivity contribution >= 4 is 5.69 Å². The largest absolute Gasteiger partial charge is 0.454 e. The summed E-state index contributed by atoms with van der Waals surface area (Å²) in [5.74, 6) is 1.61. The number of fused-ring (bicyclic) bond motifs is 1. The van der Waals surface area contributed by atoms with Crippen molar-refractivity contribution in [1.29, 1.82) is 0 Å². The highest BCUT2D eigenvalue weighted by molar-refractivity contribution is 5.61. The Labute approximate surface area is 83.2 Å². The van der Waals surface area contributed by atoms with E-state index in [0.717, 1.165) is 22.7 Å². The fourth-order valence-electron chi connectivity index (χ4n) is 1.54. The lowest BCUT2D eigenvalue weighted by Crippen LogP contribution is -2.25. The lowest BCUT2D eigenvalue weighted by atomic mass is 10.1. The predicted octanol–water partition coefficient (Wildman–Crippen LogP) is 1.08. The van der Waals surface area contributed by atoms with E-state index < -0.39 is 0 Å². The molecule has 1 aliphatic heterocycles. The zero-order chi connectivity index (χ0) is 10.1. The molecule has 4 nitrogen and oxygen atoms in total. The molecule has 0 fully saturated rings. The van der Waals surface area contributed by atoms with Crippen molar-refractivity contribution in [2.24, 2.45) is 5.73 Å². The molecule has 0 amide bonds. The third-order valence-electron chi connectivity index (χ3n) is 2.38. The molecule has 76 valence electrons. The van der Waals surface area contributed by atoms with Gasteiger partial charge in [0, 0.05) is 18.8 Å². The van der Waals surface area contributed by atoms with Crippen LogP contribution in [0.25, 0.3) is 0 Å². The maximum Gasteiger partial charge on any atom is 0.231 e. The third kappa shape index (κ3) is 1.37. The summed E-state index contributed by atoms with van der Waals surface area (Å²) < 4.78 is 10.6. The normalized spacial score (nSPS) is 13.1. The third-order valence-corrected chi connectivity index (χ3v) is 2.38. The van der Waals surface area contributed by atoms with Crippen molar-refractivity contribution in [3.8, 4) is 11.5 Å². The fraction of sp³-hybridized carbons (Fsp3) is 0.400. The van der Waals surface area contributed by atoms with Gasteiger partial charge in [-0.3, -0.25) is 0 Å². The summed E-state index contributed by atoms with van der Waals surface area (Å²) >= 11 is 0. The molecule has 0 saturated heterocycles.